The highest BCUT2D eigenvalue weighted by molar-refractivity contribution is 5.10. The van der Waals surface area contributed by atoms with Crippen LogP contribution in [0.1, 0.15) is 13.8 Å². The minimum atomic E-state index is -0.719. The molecule has 1 fully saturated rings. The van der Waals surface area contributed by atoms with Crippen LogP contribution < -0.4 is 0 Å². The zero-order chi connectivity index (χ0) is 9.64. The molecule has 4 atom stereocenters. The first-order chi connectivity index (χ1) is 5.99. The van der Waals surface area contributed by atoms with Crippen LogP contribution in [0.15, 0.2) is 12.2 Å². The van der Waals surface area contributed by atoms with Crippen molar-refractivity contribution in [1.82, 2.24) is 0 Å². The highest BCUT2D eigenvalue weighted by Crippen LogP contribution is 2.34. The molecule has 13 heavy (non-hydrogen) atoms. The first kappa shape index (κ1) is 9.15. The molecule has 0 saturated carbocycles. The number of hydrogen-bond donors (Lipinski definition) is 2. The molecule has 1 aliphatic carbocycles. The molecule has 1 saturated heterocycles. The fourth-order valence-corrected chi connectivity index (χ4v) is 1.79. The van der Waals surface area contributed by atoms with Gasteiger partial charge in [0.05, 0.1) is 0 Å². The molecule has 0 aromatic heterocycles. The summed E-state index contributed by atoms with van der Waals surface area (Å²) in [5.74, 6) is -0.719. The van der Waals surface area contributed by atoms with Crippen molar-refractivity contribution in [2.24, 2.45) is 0 Å². The zero-order valence-electron chi connectivity index (χ0n) is 7.68. The van der Waals surface area contributed by atoms with Gasteiger partial charge in [-0.3, -0.25) is 0 Å². The molecule has 0 spiro atoms. The minimum absolute atomic E-state index is 0.449. The van der Waals surface area contributed by atoms with Crippen LogP contribution in [0.5, 0.6) is 0 Å². The lowest BCUT2D eigenvalue weighted by molar-refractivity contribution is -0.155. The number of aliphatic hydroxyl groups excluding tert-OH is 2. The average Bonchev–Trinajstić information content (AvgIpc) is 2.35. The lowest BCUT2D eigenvalue weighted by atomic mass is 9.97. The largest absolute Gasteiger partial charge is 0.386 e. The Hall–Kier alpha value is -0.420. The monoisotopic (exact) mass is 186 g/mol. The summed E-state index contributed by atoms with van der Waals surface area (Å²) in [7, 11) is 0. The zero-order valence-corrected chi connectivity index (χ0v) is 7.68. The van der Waals surface area contributed by atoms with Crippen LogP contribution >= 0.6 is 0 Å². The summed E-state index contributed by atoms with van der Waals surface area (Å²) in [5.41, 5.74) is 0. The van der Waals surface area contributed by atoms with Crippen molar-refractivity contribution in [2.75, 3.05) is 0 Å². The number of hydrogen-bond acceptors (Lipinski definition) is 4. The van der Waals surface area contributed by atoms with Gasteiger partial charge in [-0.25, -0.2) is 0 Å². The Morgan fingerprint density at radius 3 is 1.77 bits per heavy atom. The molecule has 4 heteroatoms. The van der Waals surface area contributed by atoms with Crippen molar-refractivity contribution < 1.29 is 19.7 Å². The molecule has 0 amide bonds. The van der Waals surface area contributed by atoms with Gasteiger partial charge in [0.1, 0.15) is 24.4 Å². The maximum Gasteiger partial charge on any atom is 0.164 e. The van der Waals surface area contributed by atoms with E-state index < -0.39 is 30.2 Å². The molecular formula is C9H14O4. The van der Waals surface area contributed by atoms with Gasteiger partial charge in [-0.1, -0.05) is 12.2 Å². The van der Waals surface area contributed by atoms with E-state index in [4.69, 9.17) is 9.47 Å². The van der Waals surface area contributed by atoms with Gasteiger partial charge in [0.2, 0.25) is 0 Å². The summed E-state index contributed by atoms with van der Waals surface area (Å²) in [6.07, 6.45) is 0.808. The molecule has 1 heterocycles. The number of fused-ring (bicyclic) bond motifs is 1. The molecule has 4 nitrogen and oxygen atoms in total. The number of rotatable bonds is 0. The van der Waals surface area contributed by atoms with Gasteiger partial charge < -0.3 is 19.7 Å². The molecule has 0 unspecified atom stereocenters. The topological polar surface area (TPSA) is 58.9 Å². The second kappa shape index (κ2) is 2.78. The molecule has 2 aliphatic rings. The Bertz CT molecular complexity index is 214. The average molecular weight is 186 g/mol. The standard InChI is InChI=1S/C9H14O4/c1-9(2)12-7-5(10)3-4-6(11)8(7)13-9/h3-8,10-11H,1-2H3/t5-,6-,7-,8+/m0/s1. The van der Waals surface area contributed by atoms with Crippen molar-refractivity contribution in [3.63, 3.8) is 0 Å². The summed E-state index contributed by atoms with van der Waals surface area (Å²) < 4.78 is 10.9. The molecule has 0 bridgehead atoms. The Labute approximate surface area is 76.8 Å². The predicted octanol–water partition coefficient (Wildman–Crippen LogP) is -0.202. The van der Waals surface area contributed by atoms with E-state index >= 15 is 0 Å². The van der Waals surface area contributed by atoms with Gasteiger partial charge in [0.25, 0.3) is 0 Å². The van der Waals surface area contributed by atoms with E-state index in [-0.39, 0.29) is 0 Å². The van der Waals surface area contributed by atoms with Gasteiger partial charge in [0, 0.05) is 0 Å². The molecule has 0 aromatic carbocycles. The molecular weight excluding hydrogens is 172 g/mol. The SMILES string of the molecule is CC1(C)O[C@@H]2[C@H](O1)[C@@H](O)C=C[C@@H]2O. The third kappa shape index (κ3) is 1.50. The lowest BCUT2D eigenvalue weighted by Gasteiger charge is -2.26. The Morgan fingerprint density at radius 1 is 1.00 bits per heavy atom. The second-order valence-corrected chi connectivity index (χ2v) is 3.93. The molecule has 74 valence electrons. The number of aliphatic hydroxyl groups is 2. The summed E-state index contributed by atoms with van der Waals surface area (Å²) in [5, 5.41) is 19.1. The van der Waals surface area contributed by atoms with Gasteiger partial charge in [-0.2, -0.15) is 0 Å². The maximum absolute atomic E-state index is 9.53. The summed E-state index contributed by atoms with van der Waals surface area (Å²) in [6.45, 7) is 3.54. The normalized spacial score (nSPS) is 47.7. The van der Waals surface area contributed by atoms with Crippen molar-refractivity contribution >= 4 is 0 Å². The fraction of sp³-hybridized carbons (Fsp3) is 0.778. The fourth-order valence-electron chi connectivity index (χ4n) is 1.79. The number of ether oxygens (including phenoxy) is 2. The molecule has 2 rings (SSSR count). The van der Waals surface area contributed by atoms with Crippen molar-refractivity contribution in [1.29, 1.82) is 0 Å². The summed E-state index contributed by atoms with van der Waals surface area (Å²) in [4.78, 5) is 0. The van der Waals surface area contributed by atoms with E-state index in [1.165, 1.54) is 12.2 Å². The van der Waals surface area contributed by atoms with Crippen molar-refractivity contribution in [3.05, 3.63) is 12.2 Å². The summed E-state index contributed by atoms with van der Waals surface area (Å²) in [6, 6.07) is 0. The van der Waals surface area contributed by atoms with E-state index in [2.05, 4.69) is 0 Å². The third-order valence-corrected chi connectivity index (χ3v) is 2.34. The van der Waals surface area contributed by atoms with E-state index in [1.54, 1.807) is 13.8 Å². The van der Waals surface area contributed by atoms with Crippen LogP contribution in [0.25, 0.3) is 0 Å². The molecule has 0 radical (unpaired) electrons. The summed E-state index contributed by atoms with van der Waals surface area (Å²) >= 11 is 0. The second-order valence-electron chi connectivity index (χ2n) is 3.93. The lowest BCUT2D eigenvalue weighted by Crippen LogP contribution is -2.44. The van der Waals surface area contributed by atoms with Crippen LogP contribution in [-0.2, 0) is 9.47 Å². The van der Waals surface area contributed by atoms with Crippen LogP contribution in [-0.4, -0.2) is 40.4 Å². The van der Waals surface area contributed by atoms with Gasteiger partial charge in [-0.05, 0) is 13.8 Å². The third-order valence-electron chi connectivity index (χ3n) is 2.34. The van der Waals surface area contributed by atoms with Crippen LogP contribution in [0.4, 0.5) is 0 Å². The van der Waals surface area contributed by atoms with Crippen molar-refractivity contribution in [2.45, 2.75) is 44.1 Å². The Kier molecular flexibility index (Phi) is 1.96. The highest BCUT2D eigenvalue weighted by atomic mass is 16.8. The highest BCUT2D eigenvalue weighted by Gasteiger charge is 2.48. The van der Waals surface area contributed by atoms with Gasteiger partial charge >= 0.3 is 0 Å². The Morgan fingerprint density at radius 2 is 1.38 bits per heavy atom. The van der Waals surface area contributed by atoms with Crippen molar-refractivity contribution in [3.8, 4) is 0 Å². The van der Waals surface area contributed by atoms with Gasteiger partial charge in [-0.15, -0.1) is 0 Å². The first-order valence-corrected chi connectivity index (χ1v) is 4.40. The van der Waals surface area contributed by atoms with Gasteiger partial charge in [0.15, 0.2) is 5.79 Å². The van der Waals surface area contributed by atoms with E-state index in [0.717, 1.165) is 0 Å². The smallest absolute Gasteiger partial charge is 0.164 e. The molecule has 0 aromatic rings. The first-order valence-electron chi connectivity index (χ1n) is 4.40. The predicted molar refractivity (Wildman–Crippen MR) is 45.0 cm³/mol. The maximum atomic E-state index is 9.53. The molecule has 2 N–H and O–H groups in total. The minimum Gasteiger partial charge on any atom is -0.386 e. The van der Waals surface area contributed by atoms with Crippen LogP contribution in [0.2, 0.25) is 0 Å². The van der Waals surface area contributed by atoms with E-state index in [1.807, 2.05) is 0 Å². The molecule has 1 aliphatic heterocycles. The quantitative estimate of drug-likeness (QED) is 0.514. The van der Waals surface area contributed by atoms with E-state index in [0.29, 0.717) is 0 Å². The van der Waals surface area contributed by atoms with E-state index in [9.17, 15) is 10.2 Å². The van der Waals surface area contributed by atoms with Crippen LogP contribution in [0.3, 0.4) is 0 Å². The Balaban J connectivity index is 2.21. The van der Waals surface area contributed by atoms with Crippen LogP contribution in [0, 0.1) is 0 Å².